The molecule has 2 saturated heterocycles. The molecule has 2 fully saturated rings. The van der Waals surface area contributed by atoms with Gasteiger partial charge in [-0.1, -0.05) is 76.2 Å². The second kappa shape index (κ2) is 12.1. The molecule has 1 unspecified atom stereocenters. The van der Waals surface area contributed by atoms with Crippen LogP contribution in [-0.4, -0.2) is 71.8 Å². The van der Waals surface area contributed by atoms with Crippen LogP contribution >= 0.6 is 0 Å². The largest absolute Gasteiger partial charge is 0.342 e. The number of piperidine rings is 2. The molecule has 1 atom stereocenters. The van der Waals surface area contributed by atoms with Crippen molar-refractivity contribution in [2.24, 2.45) is 17.8 Å². The van der Waals surface area contributed by atoms with Crippen molar-refractivity contribution >= 4 is 33.4 Å². The predicted octanol–water partition coefficient (Wildman–Crippen LogP) is 6.45. The molecule has 2 heterocycles. The molecule has 0 spiro atoms. The van der Waals surface area contributed by atoms with E-state index in [2.05, 4.69) is 72.7 Å². The van der Waals surface area contributed by atoms with Crippen molar-refractivity contribution in [3.8, 4) is 0 Å². The summed E-state index contributed by atoms with van der Waals surface area (Å²) in [5.41, 5.74) is 0.834. The van der Waals surface area contributed by atoms with E-state index in [4.69, 9.17) is 0 Å². The minimum absolute atomic E-state index is 0.0953. The molecule has 3 aromatic rings. The van der Waals surface area contributed by atoms with Crippen LogP contribution in [0.3, 0.4) is 0 Å². The highest BCUT2D eigenvalue weighted by atomic mass is 16.2. The molecule has 0 aliphatic carbocycles. The summed E-state index contributed by atoms with van der Waals surface area (Å²) in [6.45, 7) is 13.9. The molecule has 0 aromatic heterocycles. The molecule has 2 aliphatic rings. The molecule has 0 radical (unpaired) electrons. The molecule has 2 aliphatic heterocycles. The van der Waals surface area contributed by atoms with Crippen molar-refractivity contribution in [3.63, 3.8) is 0 Å². The number of hydrogen-bond acceptors (Lipinski definition) is 3. The monoisotopic (exact) mass is 527 g/mol. The Hall–Kier alpha value is -2.92. The summed E-state index contributed by atoms with van der Waals surface area (Å²) >= 11 is 0. The minimum Gasteiger partial charge on any atom is -0.342 e. The van der Waals surface area contributed by atoms with E-state index in [1.165, 1.54) is 0 Å². The molecule has 0 saturated carbocycles. The van der Waals surface area contributed by atoms with Gasteiger partial charge in [0.2, 0.25) is 5.91 Å². The maximum absolute atomic E-state index is 14.0. The van der Waals surface area contributed by atoms with Crippen molar-refractivity contribution in [1.82, 2.24) is 14.7 Å². The van der Waals surface area contributed by atoms with Crippen LogP contribution in [0.1, 0.15) is 63.7 Å². The Kier molecular flexibility index (Phi) is 8.56. The number of amides is 2. The normalized spacial score (nSPS) is 19.3. The summed E-state index contributed by atoms with van der Waals surface area (Å²) < 4.78 is 0. The SMILES string of the molecule is CC(C)CN(CC(C)C)C(=O)C1CCCN(C2CCN(C(=O)c3c4ccccc4cc4ccccc34)CC2)C1. The number of carbonyl (C=O) groups is 2. The van der Waals surface area contributed by atoms with Crippen molar-refractivity contribution < 1.29 is 9.59 Å². The molecule has 0 bridgehead atoms. The van der Waals surface area contributed by atoms with Crippen LogP contribution in [0.25, 0.3) is 21.5 Å². The van der Waals surface area contributed by atoms with Crippen molar-refractivity contribution in [2.75, 3.05) is 39.3 Å². The lowest BCUT2D eigenvalue weighted by Gasteiger charge is -2.43. The van der Waals surface area contributed by atoms with Crippen molar-refractivity contribution in [2.45, 2.75) is 59.4 Å². The summed E-state index contributed by atoms with van der Waals surface area (Å²) in [7, 11) is 0. The number of nitrogens with zero attached hydrogens (tertiary/aromatic N) is 3. The first-order valence-corrected chi connectivity index (χ1v) is 15.0. The van der Waals surface area contributed by atoms with E-state index in [9.17, 15) is 9.59 Å². The van der Waals surface area contributed by atoms with Crippen molar-refractivity contribution in [3.05, 3.63) is 60.2 Å². The van der Waals surface area contributed by atoms with E-state index < -0.39 is 0 Å². The fourth-order valence-corrected chi connectivity index (χ4v) is 6.77. The lowest BCUT2D eigenvalue weighted by molar-refractivity contribution is -0.139. The van der Waals surface area contributed by atoms with Crippen LogP contribution in [0.4, 0.5) is 0 Å². The highest BCUT2D eigenvalue weighted by Gasteiger charge is 2.35. The molecule has 3 aromatic carbocycles. The zero-order chi connectivity index (χ0) is 27.5. The Morgan fingerprint density at radius 1 is 0.821 bits per heavy atom. The predicted molar refractivity (Wildman–Crippen MR) is 161 cm³/mol. The summed E-state index contributed by atoms with van der Waals surface area (Å²) in [5, 5.41) is 4.30. The molecule has 5 nitrogen and oxygen atoms in total. The first-order valence-electron chi connectivity index (χ1n) is 15.0. The third-order valence-electron chi connectivity index (χ3n) is 8.54. The maximum Gasteiger partial charge on any atom is 0.255 e. The summed E-state index contributed by atoms with van der Waals surface area (Å²) in [6, 6.07) is 19.1. The van der Waals surface area contributed by atoms with Gasteiger partial charge in [0.1, 0.15) is 0 Å². The molecule has 0 N–H and O–H groups in total. The molecular weight excluding hydrogens is 482 g/mol. The standard InChI is InChI=1S/C34H45N3O2/c1-24(2)21-37(22-25(3)4)33(38)28-12-9-17-36(23-28)29-15-18-35(19-16-29)34(39)32-30-13-7-5-10-26(30)20-27-11-6-8-14-31(27)32/h5-8,10-11,13-14,20,24-25,28-29H,9,12,15-19,21-23H2,1-4H3. The van der Waals surface area contributed by atoms with Gasteiger partial charge < -0.3 is 9.80 Å². The second-order valence-corrected chi connectivity index (χ2v) is 12.6. The Bertz CT molecular complexity index is 1240. The molecule has 5 rings (SSSR count). The first-order chi connectivity index (χ1) is 18.8. The number of hydrogen-bond donors (Lipinski definition) is 0. The Morgan fingerprint density at radius 2 is 1.38 bits per heavy atom. The summed E-state index contributed by atoms with van der Waals surface area (Å²) in [5.74, 6) is 1.54. The number of benzene rings is 3. The Morgan fingerprint density at radius 3 is 1.95 bits per heavy atom. The Balaban J connectivity index is 1.26. The van der Waals surface area contributed by atoms with Gasteiger partial charge in [-0.05, 0) is 71.7 Å². The lowest BCUT2D eigenvalue weighted by atomic mass is 9.91. The average Bonchev–Trinajstić information content (AvgIpc) is 2.94. The van der Waals surface area contributed by atoms with E-state index in [1.54, 1.807) is 0 Å². The molecule has 39 heavy (non-hydrogen) atoms. The highest BCUT2D eigenvalue weighted by Crippen LogP contribution is 2.31. The topological polar surface area (TPSA) is 43.9 Å². The smallest absolute Gasteiger partial charge is 0.255 e. The molecular formula is C34H45N3O2. The quantitative estimate of drug-likeness (QED) is 0.332. The molecule has 5 heteroatoms. The number of rotatable bonds is 7. The van der Waals surface area contributed by atoms with Gasteiger partial charge in [0, 0.05) is 38.8 Å². The summed E-state index contributed by atoms with van der Waals surface area (Å²) in [4.78, 5) is 34.3. The molecule has 2 amide bonds. The second-order valence-electron chi connectivity index (χ2n) is 12.6. The van der Waals surface area contributed by atoms with Gasteiger partial charge in [0.15, 0.2) is 0 Å². The van der Waals surface area contributed by atoms with E-state index in [1.807, 2.05) is 24.3 Å². The van der Waals surface area contributed by atoms with Gasteiger partial charge in [0.25, 0.3) is 5.91 Å². The van der Waals surface area contributed by atoms with E-state index in [0.717, 1.165) is 92.1 Å². The third kappa shape index (κ3) is 6.14. The fraction of sp³-hybridized carbons (Fsp3) is 0.529. The van der Waals surface area contributed by atoms with Gasteiger partial charge in [-0.2, -0.15) is 0 Å². The minimum atomic E-state index is 0.0953. The van der Waals surface area contributed by atoms with Crippen LogP contribution < -0.4 is 0 Å². The number of likely N-dealkylation sites (tertiary alicyclic amines) is 2. The first kappa shape index (κ1) is 27.6. The van der Waals surface area contributed by atoms with Crippen LogP contribution in [-0.2, 0) is 4.79 Å². The van der Waals surface area contributed by atoms with Gasteiger partial charge in [0.05, 0.1) is 11.5 Å². The van der Waals surface area contributed by atoms with Gasteiger partial charge in [-0.15, -0.1) is 0 Å². The zero-order valence-electron chi connectivity index (χ0n) is 24.2. The highest BCUT2D eigenvalue weighted by molar-refractivity contribution is 6.18. The lowest BCUT2D eigenvalue weighted by Crippen LogP contribution is -2.52. The fourth-order valence-electron chi connectivity index (χ4n) is 6.77. The van der Waals surface area contributed by atoms with Gasteiger partial charge in [-0.3, -0.25) is 14.5 Å². The van der Waals surface area contributed by atoms with Crippen molar-refractivity contribution in [1.29, 1.82) is 0 Å². The van der Waals surface area contributed by atoms with E-state index in [-0.39, 0.29) is 11.8 Å². The zero-order valence-corrected chi connectivity index (χ0v) is 24.2. The van der Waals surface area contributed by atoms with E-state index >= 15 is 0 Å². The number of fused-ring (bicyclic) bond motifs is 2. The van der Waals surface area contributed by atoms with E-state index in [0.29, 0.717) is 23.8 Å². The van der Waals surface area contributed by atoms with Gasteiger partial charge >= 0.3 is 0 Å². The van der Waals surface area contributed by atoms with Gasteiger partial charge in [-0.25, -0.2) is 0 Å². The average molecular weight is 528 g/mol. The van der Waals surface area contributed by atoms with Crippen LogP contribution in [0.2, 0.25) is 0 Å². The maximum atomic E-state index is 14.0. The van der Waals surface area contributed by atoms with Crippen LogP contribution in [0.5, 0.6) is 0 Å². The summed E-state index contributed by atoms with van der Waals surface area (Å²) in [6.07, 6.45) is 4.01. The Labute approximate surface area is 234 Å². The van der Waals surface area contributed by atoms with Crippen LogP contribution in [0, 0.1) is 17.8 Å². The van der Waals surface area contributed by atoms with Crippen LogP contribution in [0.15, 0.2) is 54.6 Å². The molecule has 208 valence electrons. The third-order valence-corrected chi connectivity index (χ3v) is 8.54. The number of carbonyl (C=O) groups excluding carboxylic acids is 2.